The molecule has 11 rings (SSSR count). The largest absolute Gasteiger partial charge is 2.00 e. The number of likely N-dealkylation sites (tertiary alicyclic amines) is 1. The van der Waals surface area contributed by atoms with Crippen molar-refractivity contribution in [2.75, 3.05) is 90.0 Å². The van der Waals surface area contributed by atoms with E-state index in [2.05, 4.69) is 42.3 Å². The number of nitrogens with one attached hydrogen (secondary N) is 4. The van der Waals surface area contributed by atoms with Gasteiger partial charge in [-0.1, -0.05) is 196 Å². The minimum Gasteiger partial charge on any atom is -0.870 e. The molecule has 1 aliphatic rings. The van der Waals surface area contributed by atoms with Crippen molar-refractivity contribution in [2.45, 2.75) is 136 Å². The number of hydrogen-bond acceptors (Lipinski definition) is 21. The maximum Gasteiger partial charge on any atom is 2.00 e. The zero-order chi connectivity index (χ0) is 129. The van der Waals surface area contributed by atoms with Gasteiger partial charge in [0.05, 0.1) is 44.8 Å². The number of nitrogens with zero attached hydrogens (tertiary/aromatic N) is 6. The Morgan fingerprint density at radius 2 is 0.952 bits per heavy atom. The first kappa shape index (κ1) is 58.9. The number of H-pyrrole nitrogens is 2. The van der Waals surface area contributed by atoms with Crippen LogP contribution >= 0.6 is 11.6 Å². The fourth-order valence-corrected chi connectivity index (χ4v) is 7.71. The number of fused-ring (bicyclic) bond motifs is 2. The molecule has 666 valence electrons. The van der Waals surface area contributed by atoms with E-state index in [0.29, 0.717) is 56.6 Å². The van der Waals surface area contributed by atoms with Crippen molar-refractivity contribution >= 4 is 158 Å². The van der Waals surface area contributed by atoms with Gasteiger partial charge in [0.2, 0.25) is 19.9 Å². The molecule has 17 N–H and O–H groups in total. The summed E-state index contributed by atoms with van der Waals surface area (Å²) in [5.74, 6) is -8.10. The average Bonchev–Trinajstić information content (AvgIpc) is 1.53. The van der Waals surface area contributed by atoms with E-state index in [0.717, 1.165) is 19.7 Å². The van der Waals surface area contributed by atoms with Crippen LogP contribution in [0.1, 0.15) is 204 Å². The Hall–Kier alpha value is -10.2. The molecule has 124 heavy (non-hydrogen) atoms. The Kier molecular flexibility index (Phi) is 34.8. The minimum atomic E-state index is -3.67. The van der Waals surface area contributed by atoms with Gasteiger partial charge >= 0.3 is 109 Å². The first-order valence-electron chi connectivity index (χ1n) is 57.5. The number of nitrogens with two attached hydrogens (primary N) is 3. The number of amides is 5. The monoisotopic (exact) mass is 1920 g/mol. The van der Waals surface area contributed by atoms with Gasteiger partial charge in [0.25, 0.3) is 0 Å². The number of aliphatic carboxylic acids is 2. The molecule has 0 atom stereocenters. The summed E-state index contributed by atoms with van der Waals surface area (Å²) < 4.78 is 367. The Morgan fingerprint density at radius 3 is 1.33 bits per heavy atom. The van der Waals surface area contributed by atoms with Crippen LogP contribution in [0, 0.1) is 0 Å². The Bertz CT molecular complexity index is 6650. The number of carbonyl (C=O) groups excluding carboxylic acids is 7. The zero-order valence-electron chi connectivity index (χ0n) is 114. The van der Waals surface area contributed by atoms with Crippen LogP contribution in [0.15, 0.2) is 218 Å². The zero-order valence-corrected chi connectivity index (χ0v) is 74.6. The fourth-order valence-electron chi connectivity index (χ4n) is 7.71. The summed E-state index contributed by atoms with van der Waals surface area (Å²) in [4.78, 5) is 115. The van der Waals surface area contributed by atoms with Gasteiger partial charge in [0.1, 0.15) is 31.5 Å². The van der Waals surface area contributed by atoms with Crippen LogP contribution in [0.25, 0.3) is 22.1 Å². The number of hydrogen-bond donors (Lipinski definition) is 9. The quantitative estimate of drug-likeness (QED) is 0.00691. The number of nitrogen functional groups attached to an aromatic ring is 3. The third kappa shape index (κ3) is 55.8. The summed E-state index contributed by atoms with van der Waals surface area (Å²) in [5.41, 5.74) is 24.8. The number of anilines is 4. The van der Waals surface area contributed by atoms with Crippen LogP contribution in [0.5, 0.6) is 0 Å². The molecular formula is C90H123BaClN13NaO18. The Balaban J connectivity index is -0.000000947. The van der Waals surface area contributed by atoms with Gasteiger partial charge in [-0.3, -0.25) is 28.8 Å². The molecule has 3 heterocycles. The van der Waals surface area contributed by atoms with E-state index < -0.39 is 190 Å². The summed E-state index contributed by atoms with van der Waals surface area (Å²) in [6.45, 7) is -22.5. The SMILES string of the molecule is CC(=O)Cl.CCC(=O)c1ccccc1.Nc1ccccc1N.[2H]C([2H])(C(=O)Nc1ccccc1N)C([2H])([2H])C([2H])([2H])N(C)C(=O)OCc1ccccc1.[2H]C([2H])(C(=O)O)C([2H])([2H])C([2H])([2H])N(C)C(=O)OCc1ccccc1.[2H]C([2H])(CC)C([2H])([2H])C([2H])([2H])C(=O)O.[2H]C([2H])([2H])N(C(=O)OCc1ccccc1)C([2H])([2H])C([2H])([2H])C([2H])([2H])c1nc2ccccc2[nH]1.[2H]C([2H])([2H])N1C(=O)C([2H])([2H])C([2H])([2H])C1([2H])[2H].[2H]C([2H])([2H])NC([2H])([2H])C([2H])([2H])C([2H])([2H])c1nc2ccccc2[nH]1.[2H]O[2H].[Ba+2].[Na+].[OH-].[OH-].[OH-]. The maximum atomic E-state index is 12.7. The van der Waals surface area contributed by atoms with Gasteiger partial charge in [-0.05, 0) is 129 Å². The number of rotatable bonds is 29. The Labute approximate surface area is 861 Å². The molecule has 1 saturated heterocycles. The number of aromatic amines is 2. The number of Topliss-reactive ketones (excluding diaryl/α,β-unsaturated/α-hetero) is 1. The number of carboxylic acid groups (broad SMARTS) is 2. The van der Waals surface area contributed by atoms with E-state index in [1.807, 2.05) is 49.4 Å². The molecule has 0 bridgehead atoms. The third-order valence-electron chi connectivity index (χ3n) is 13.2. The molecule has 0 spiro atoms. The van der Waals surface area contributed by atoms with Crippen molar-refractivity contribution in [2.24, 2.45) is 0 Å². The van der Waals surface area contributed by atoms with Crippen molar-refractivity contribution in [3.05, 3.63) is 252 Å². The second-order valence-corrected chi connectivity index (χ2v) is 22.6. The van der Waals surface area contributed by atoms with E-state index in [9.17, 15) is 43.2 Å². The summed E-state index contributed by atoms with van der Waals surface area (Å²) >= 11 is 4.64. The third-order valence-corrected chi connectivity index (χ3v) is 13.2. The van der Waals surface area contributed by atoms with E-state index >= 15 is 0 Å². The number of aryl methyl sites for hydroxylation is 2. The molecule has 8 aromatic carbocycles. The van der Waals surface area contributed by atoms with Crippen molar-refractivity contribution in [3.63, 3.8) is 0 Å². The fraction of sp³-hybridized carbons (Fsp3) is 0.344. The standard InChI is InChI=1S/C19H23N3O3.C19H21N3O2.C13H17NO4.C11H15N3.C9H10O.C6H8N2.C6H12O2.C5H9NO.C2H3ClO.Ba.Na.4H2O/c1-22(19(24)25-14-15-8-3-2-4-9-15)13-7-12-18(23)21-17-11-6-5-10-16(17)20;1-22(19(23)24-14-15-8-3-2-4-9-15)13-7-12-18-20-16-10-5-6-11-17(16)21-18;1-14(9-5-8-12(15)16)13(17)18-10-11-6-3-2-4-7-11;1-12-8-4-7-11-13-9-5-2-3-6-10(9)14-11;1-2-9(10)8-6-4-3-5-7-8;7-5-3-1-2-4-6(5)8;1-2-3-4-5-6(7)8;1-6-4-2-3-5(6)7;1-2(3)4;;;;;;/h2-6,8-11H,7,12-14,20H2,1H3,(H,21,23);2-6,8-11H,7,12-14H2,1H3,(H,20,21);2-4,6-7H,5,8-10H2,1H3,(H,15,16);2-3,5-6,12H,4,7-8H2,1H3,(H,13,14);3-7H,2H2,1H3;1-4H,7-8H2;2-5H2,1H3,(H,7,8);2-4H2,1H3;1H3;;;4*1H2/q;;;;;;;;;+2;+1;;;;/p-3/i7D2,12D2,13D2;1D3,7D2,12D2,13D2;5D2,8D2,9D2;1D3,4D2,7D2,8D2;;;3D2,4D2,5D2;1D3,2D2,3D2,4D2;;;;;;;/hD2. The van der Waals surface area contributed by atoms with Crippen LogP contribution in [0.4, 0.5) is 37.1 Å². The van der Waals surface area contributed by atoms with Crippen molar-refractivity contribution in [1.29, 1.82) is 2.86 Å². The number of halogens is 1. The van der Waals surface area contributed by atoms with Crippen LogP contribution in [-0.4, -0.2) is 244 Å². The predicted octanol–water partition coefficient (Wildman–Crippen LogP) is 11.9. The molecule has 10 aromatic rings. The molecule has 31 nitrogen and oxygen atoms in total. The summed E-state index contributed by atoms with van der Waals surface area (Å²) in [5, 5.41) is 20.6. The van der Waals surface area contributed by atoms with E-state index in [-0.39, 0.29) is 163 Å². The molecule has 34 heteroatoms. The van der Waals surface area contributed by atoms with Crippen LogP contribution in [0.2, 0.25) is 0 Å². The smallest absolute Gasteiger partial charge is 0.870 e. The number of para-hydroxylation sites is 8. The number of carboxylic acids is 2. The van der Waals surface area contributed by atoms with E-state index in [4.69, 9.17) is 106 Å². The average molecular weight is 1920 g/mol. The van der Waals surface area contributed by atoms with Crippen LogP contribution in [0.3, 0.4) is 0 Å². The van der Waals surface area contributed by atoms with Crippen LogP contribution in [-0.2, 0) is 70.7 Å². The first-order chi connectivity index (χ1) is 75.2. The minimum absolute atomic E-state index is 0. The number of ether oxygens (including phenoxy) is 3. The number of aromatic nitrogens is 4. The van der Waals surface area contributed by atoms with Crippen molar-refractivity contribution < 1.29 is 181 Å². The molecule has 0 unspecified atom stereocenters. The van der Waals surface area contributed by atoms with Gasteiger partial charge in [0.15, 0.2) is 5.78 Å². The summed E-state index contributed by atoms with van der Waals surface area (Å²) in [7, 11) is 1.79. The summed E-state index contributed by atoms with van der Waals surface area (Å²) in [6, 6.07) is 60.8. The molecule has 1 fully saturated rings. The summed E-state index contributed by atoms with van der Waals surface area (Å²) in [6.07, 6.45) is -45.9. The predicted molar refractivity (Wildman–Crippen MR) is 483 cm³/mol. The van der Waals surface area contributed by atoms with Gasteiger partial charge < -0.3 is 104 Å². The normalized spacial score (nSPS) is 18.9. The van der Waals surface area contributed by atoms with Gasteiger partial charge in [-0.15, -0.1) is 0 Å². The molecule has 5 amide bonds. The second kappa shape index (κ2) is 73.2. The molecular weight excluding hydrogens is 1750 g/mol. The molecule has 0 saturated carbocycles. The van der Waals surface area contributed by atoms with Crippen LogP contribution < -0.4 is 57.4 Å². The first-order valence-corrected chi connectivity index (χ1v) is 34.6. The van der Waals surface area contributed by atoms with E-state index in [1.54, 1.807) is 158 Å². The van der Waals surface area contributed by atoms with Gasteiger partial charge in [-0.25, -0.2) is 24.4 Å². The maximum absolute atomic E-state index is 12.7. The number of carbonyl (C=O) groups is 9. The molecule has 2 aromatic heterocycles. The Morgan fingerprint density at radius 1 is 0.565 bits per heavy atom. The second-order valence-electron chi connectivity index (χ2n) is 22.0. The van der Waals surface area contributed by atoms with Crippen molar-refractivity contribution in [3.8, 4) is 0 Å². The van der Waals surface area contributed by atoms with Crippen molar-refractivity contribution in [1.82, 2.24) is 44.9 Å². The molecule has 0 radical (unpaired) electrons. The van der Waals surface area contributed by atoms with Gasteiger partial charge in [-0.2, -0.15) is 0 Å². The molecule has 1 aliphatic heterocycles. The topological polar surface area (TPSA) is 516 Å². The number of benzene rings is 8. The van der Waals surface area contributed by atoms with E-state index in [1.165, 1.54) is 37.4 Å². The molecule has 0 aliphatic carbocycles. The number of ketones is 1. The number of imidazole rings is 2. The van der Waals surface area contributed by atoms with Gasteiger partial charge in [0, 0.05) is 173 Å².